The third-order valence-corrected chi connectivity index (χ3v) is 5.43. The van der Waals surface area contributed by atoms with Gasteiger partial charge in [0.2, 0.25) is 5.91 Å². The van der Waals surface area contributed by atoms with E-state index in [2.05, 4.69) is 5.10 Å². The Balaban J connectivity index is 1.32. The number of likely N-dealkylation sites (tertiary alicyclic amines) is 1. The molecule has 2 heterocycles. The van der Waals surface area contributed by atoms with Crippen LogP contribution < -0.4 is 5.56 Å². The van der Waals surface area contributed by atoms with E-state index in [9.17, 15) is 14.0 Å². The number of aromatic nitrogens is 2. The summed E-state index contributed by atoms with van der Waals surface area (Å²) in [7, 11) is 1.58. The molecule has 4 rings (SSSR count). The molecule has 130 valence electrons. The Morgan fingerprint density at radius 1 is 1.24 bits per heavy atom. The molecule has 2 aliphatic rings. The molecule has 0 spiro atoms. The minimum absolute atomic E-state index is 0.0582. The number of hydrogen-bond acceptors (Lipinski definition) is 3. The average Bonchev–Trinajstić information content (AvgIpc) is 3.02. The van der Waals surface area contributed by atoms with Crippen molar-refractivity contribution in [1.29, 1.82) is 0 Å². The maximum Gasteiger partial charge on any atom is 0.266 e. The van der Waals surface area contributed by atoms with Crippen LogP contribution in [0.3, 0.4) is 0 Å². The van der Waals surface area contributed by atoms with Crippen LogP contribution in [0.15, 0.2) is 41.2 Å². The van der Waals surface area contributed by atoms with E-state index in [1.165, 1.54) is 16.8 Å². The van der Waals surface area contributed by atoms with Crippen LogP contribution >= 0.6 is 0 Å². The van der Waals surface area contributed by atoms with E-state index in [4.69, 9.17) is 0 Å². The van der Waals surface area contributed by atoms with Crippen molar-refractivity contribution in [2.75, 3.05) is 13.1 Å². The molecular formula is C19H20FN3O2. The molecule has 1 aromatic heterocycles. The molecule has 2 fully saturated rings. The number of hydrogen-bond donors (Lipinski definition) is 0. The third-order valence-electron chi connectivity index (χ3n) is 5.43. The average molecular weight is 341 g/mol. The summed E-state index contributed by atoms with van der Waals surface area (Å²) < 4.78 is 14.5. The number of benzene rings is 1. The van der Waals surface area contributed by atoms with Gasteiger partial charge < -0.3 is 4.90 Å². The van der Waals surface area contributed by atoms with Gasteiger partial charge in [0.15, 0.2) is 0 Å². The van der Waals surface area contributed by atoms with Crippen molar-refractivity contribution >= 4 is 5.91 Å². The minimum atomic E-state index is -0.190. The monoisotopic (exact) mass is 341 g/mol. The minimum Gasteiger partial charge on any atom is -0.342 e. The second-order valence-corrected chi connectivity index (χ2v) is 7.09. The number of halogens is 1. The van der Waals surface area contributed by atoms with Gasteiger partial charge in [-0.05, 0) is 47.9 Å². The van der Waals surface area contributed by atoms with Crippen molar-refractivity contribution in [3.8, 4) is 0 Å². The Morgan fingerprint density at radius 3 is 2.68 bits per heavy atom. The Hall–Kier alpha value is -2.50. The van der Waals surface area contributed by atoms with Crippen molar-refractivity contribution in [1.82, 2.24) is 14.7 Å². The molecule has 0 radical (unpaired) electrons. The first kappa shape index (κ1) is 16.0. The largest absolute Gasteiger partial charge is 0.342 e. The summed E-state index contributed by atoms with van der Waals surface area (Å²) >= 11 is 0. The predicted octanol–water partition coefficient (Wildman–Crippen LogP) is 1.41. The predicted molar refractivity (Wildman–Crippen MR) is 90.3 cm³/mol. The van der Waals surface area contributed by atoms with Gasteiger partial charge in [-0.3, -0.25) is 9.59 Å². The van der Waals surface area contributed by atoms with Gasteiger partial charge in [-0.1, -0.05) is 12.1 Å². The Labute approximate surface area is 145 Å². The molecule has 25 heavy (non-hydrogen) atoms. The topological polar surface area (TPSA) is 55.2 Å². The molecule has 2 aromatic rings. The highest BCUT2D eigenvalue weighted by atomic mass is 19.1. The zero-order chi connectivity index (χ0) is 17.6. The highest BCUT2D eigenvalue weighted by Crippen LogP contribution is 2.53. The van der Waals surface area contributed by atoms with E-state index in [1.54, 1.807) is 25.2 Å². The normalized spacial score (nSPS) is 24.2. The first-order valence-electron chi connectivity index (χ1n) is 8.57. The summed E-state index contributed by atoms with van der Waals surface area (Å²) in [5.41, 5.74) is 1.47. The summed E-state index contributed by atoms with van der Waals surface area (Å²) in [6.07, 6.45) is 1.11. The molecular weight excluding hydrogens is 321 g/mol. The third kappa shape index (κ3) is 3.21. The van der Waals surface area contributed by atoms with Crippen LogP contribution in [-0.4, -0.2) is 33.7 Å². The molecule has 0 N–H and O–H groups in total. The van der Waals surface area contributed by atoms with Crippen molar-refractivity contribution < 1.29 is 9.18 Å². The molecule has 1 aromatic carbocycles. The van der Waals surface area contributed by atoms with E-state index in [1.807, 2.05) is 11.0 Å². The lowest BCUT2D eigenvalue weighted by atomic mass is 10.1. The quantitative estimate of drug-likeness (QED) is 0.845. The standard InChI is InChI=1S/C19H20FN3O2/c1-22-18(24)6-5-14(21-22)9-19(25)23-10-16-15(17(16)11-23)8-12-3-2-4-13(20)7-12/h2-7,15-17H,8-11H2,1H3. The molecule has 5 nitrogen and oxygen atoms in total. The van der Waals surface area contributed by atoms with Crippen LogP contribution in [0.5, 0.6) is 0 Å². The molecule has 0 bridgehead atoms. The molecule has 1 aliphatic heterocycles. The number of amides is 1. The van der Waals surface area contributed by atoms with Gasteiger partial charge >= 0.3 is 0 Å². The lowest BCUT2D eigenvalue weighted by Gasteiger charge is -2.20. The van der Waals surface area contributed by atoms with E-state index >= 15 is 0 Å². The number of rotatable bonds is 4. The van der Waals surface area contributed by atoms with Gasteiger partial charge in [0.1, 0.15) is 5.82 Å². The summed E-state index contributed by atoms with van der Waals surface area (Å²) in [5, 5.41) is 4.11. The summed E-state index contributed by atoms with van der Waals surface area (Å²) in [6.45, 7) is 1.55. The second kappa shape index (κ2) is 6.10. The zero-order valence-electron chi connectivity index (χ0n) is 14.1. The van der Waals surface area contributed by atoms with Crippen LogP contribution in [0.1, 0.15) is 11.3 Å². The van der Waals surface area contributed by atoms with E-state index in [-0.39, 0.29) is 23.7 Å². The Kier molecular flexibility index (Phi) is 3.90. The SMILES string of the molecule is Cn1nc(CC(=O)N2CC3C(Cc4cccc(F)c4)C3C2)ccc1=O. The fourth-order valence-electron chi connectivity index (χ4n) is 4.00. The smallest absolute Gasteiger partial charge is 0.266 e. The fourth-order valence-corrected chi connectivity index (χ4v) is 4.00. The molecule has 1 amide bonds. The lowest BCUT2D eigenvalue weighted by molar-refractivity contribution is -0.130. The lowest BCUT2D eigenvalue weighted by Crippen LogP contribution is -2.33. The molecule has 6 heteroatoms. The second-order valence-electron chi connectivity index (χ2n) is 7.09. The van der Waals surface area contributed by atoms with Gasteiger partial charge in [0.25, 0.3) is 5.56 Å². The molecule has 2 atom stereocenters. The van der Waals surface area contributed by atoms with Gasteiger partial charge in [0.05, 0.1) is 12.1 Å². The molecule has 1 aliphatic carbocycles. The van der Waals surface area contributed by atoms with Gasteiger partial charge in [-0.2, -0.15) is 5.10 Å². The first-order valence-corrected chi connectivity index (χ1v) is 8.57. The van der Waals surface area contributed by atoms with Gasteiger partial charge in [-0.15, -0.1) is 0 Å². The Morgan fingerprint density at radius 2 is 2.00 bits per heavy atom. The summed E-state index contributed by atoms with van der Waals surface area (Å²) in [4.78, 5) is 25.7. The van der Waals surface area contributed by atoms with E-state index < -0.39 is 0 Å². The summed E-state index contributed by atoms with van der Waals surface area (Å²) in [6, 6.07) is 9.83. The van der Waals surface area contributed by atoms with Crippen molar-refractivity contribution in [2.24, 2.45) is 24.8 Å². The Bertz CT molecular complexity index is 867. The molecule has 1 saturated heterocycles. The molecule has 2 unspecified atom stereocenters. The highest BCUT2D eigenvalue weighted by Gasteiger charge is 2.55. The number of nitrogens with zero attached hydrogens (tertiary/aromatic N) is 3. The number of fused-ring (bicyclic) bond motifs is 1. The highest BCUT2D eigenvalue weighted by molar-refractivity contribution is 5.78. The van der Waals surface area contributed by atoms with E-state index in [0.29, 0.717) is 23.4 Å². The van der Waals surface area contributed by atoms with Crippen molar-refractivity contribution in [3.63, 3.8) is 0 Å². The van der Waals surface area contributed by atoms with Crippen LogP contribution in [0.2, 0.25) is 0 Å². The maximum atomic E-state index is 13.3. The van der Waals surface area contributed by atoms with Crippen LogP contribution in [0.25, 0.3) is 0 Å². The molecule has 1 saturated carbocycles. The van der Waals surface area contributed by atoms with Gasteiger partial charge in [0, 0.05) is 26.2 Å². The van der Waals surface area contributed by atoms with Crippen molar-refractivity contribution in [3.05, 3.63) is 63.8 Å². The summed E-state index contributed by atoms with van der Waals surface area (Å²) in [5.74, 6) is 1.48. The van der Waals surface area contributed by atoms with Gasteiger partial charge in [-0.25, -0.2) is 9.07 Å². The number of carbonyl (C=O) groups is 1. The number of piperidine rings is 1. The van der Waals surface area contributed by atoms with Crippen molar-refractivity contribution in [2.45, 2.75) is 12.8 Å². The number of carbonyl (C=O) groups excluding carboxylic acids is 1. The van der Waals surface area contributed by atoms with Crippen LogP contribution in [0, 0.1) is 23.6 Å². The first-order chi connectivity index (χ1) is 12.0. The number of aryl methyl sites for hydroxylation is 1. The van der Waals surface area contributed by atoms with Crippen LogP contribution in [0.4, 0.5) is 4.39 Å². The van der Waals surface area contributed by atoms with E-state index in [0.717, 1.165) is 25.1 Å². The van der Waals surface area contributed by atoms with Crippen LogP contribution in [-0.2, 0) is 24.7 Å². The zero-order valence-corrected chi connectivity index (χ0v) is 14.1. The fraction of sp³-hybridized carbons (Fsp3) is 0.421. The maximum absolute atomic E-state index is 13.3.